The van der Waals surface area contributed by atoms with Crippen molar-refractivity contribution in [3.63, 3.8) is 0 Å². The largest absolute Gasteiger partial charge is 0.490 e. The zero-order valence-corrected chi connectivity index (χ0v) is 18.3. The van der Waals surface area contributed by atoms with Crippen molar-refractivity contribution in [3.05, 3.63) is 56.5 Å². The summed E-state index contributed by atoms with van der Waals surface area (Å²) in [7, 11) is 0. The van der Waals surface area contributed by atoms with Crippen LogP contribution in [0.5, 0.6) is 11.5 Å². The van der Waals surface area contributed by atoms with Gasteiger partial charge in [-0.25, -0.2) is 0 Å². The lowest BCUT2D eigenvalue weighted by atomic mass is 10.2. The average Bonchev–Trinajstić information content (AvgIpc) is 2.62. The van der Waals surface area contributed by atoms with Gasteiger partial charge >= 0.3 is 0 Å². The summed E-state index contributed by atoms with van der Waals surface area (Å²) < 4.78 is 12.6. The summed E-state index contributed by atoms with van der Waals surface area (Å²) in [6.45, 7) is 5.54. The summed E-state index contributed by atoms with van der Waals surface area (Å²) in [5, 5.41) is 0. The molecule has 0 saturated carbocycles. The Labute approximate surface area is 174 Å². The fraction of sp³-hybridized carbons (Fsp3) is 0.263. The Morgan fingerprint density at radius 3 is 2.41 bits per heavy atom. The quantitative estimate of drug-likeness (QED) is 0.585. The van der Waals surface area contributed by atoms with Crippen LogP contribution in [0.3, 0.4) is 0 Å². The molecule has 0 bridgehead atoms. The summed E-state index contributed by atoms with van der Waals surface area (Å²) in [4.78, 5) is 24.0. The molecule has 0 aliphatic rings. The van der Waals surface area contributed by atoms with E-state index >= 15 is 0 Å². The number of benzene rings is 2. The Balaban J connectivity index is 1.84. The third-order valence-corrected chi connectivity index (χ3v) is 4.88. The van der Waals surface area contributed by atoms with Crippen LogP contribution in [0.4, 0.5) is 0 Å². The van der Waals surface area contributed by atoms with Crippen molar-refractivity contribution in [3.8, 4) is 11.5 Å². The second kappa shape index (κ2) is 9.75. The van der Waals surface area contributed by atoms with E-state index in [-0.39, 0.29) is 12.7 Å². The monoisotopic (exact) mass is 498 g/mol. The van der Waals surface area contributed by atoms with Crippen LogP contribution < -0.4 is 20.3 Å². The first-order valence-corrected chi connectivity index (χ1v) is 9.79. The van der Waals surface area contributed by atoms with Crippen LogP contribution in [0.1, 0.15) is 29.8 Å². The molecule has 0 radical (unpaired) electrons. The number of carbonyl (C=O) groups excluding carboxylic acids is 2. The molecular formula is C19H20Br2N2O4. The Morgan fingerprint density at radius 1 is 1.04 bits per heavy atom. The van der Waals surface area contributed by atoms with Gasteiger partial charge in [-0.05, 0) is 78.7 Å². The fourth-order valence-electron chi connectivity index (χ4n) is 2.08. The summed E-state index contributed by atoms with van der Waals surface area (Å²) in [5.74, 6) is 0.299. The van der Waals surface area contributed by atoms with Crippen LogP contribution >= 0.6 is 31.9 Å². The number of rotatable bonds is 6. The third-order valence-electron chi connectivity index (χ3n) is 3.37. The van der Waals surface area contributed by atoms with Gasteiger partial charge in [0.1, 0.15) is 11.5 Å². The lowest BCUT2D eigenvalue weighted by Crippen LogP contribution is -2.43. The maximum Gasteiger partial charge on any atom is 0.276 e. The molecule has 2 N–H and O–H groups in total. The second-order valence-electron chi connectivity index (χ2n) is 6.01. The minimum atomic E-state index is -0.470. The number of amides is 2. The first kappa shape index (κ1) is 21.2. The Morgan fingerprint density at radius 2 is 1.78 bits per heavy atom. The standard InChI is InChI=1S/C19H20Br2N2O4/c1-11(2)27-17-7-4-13(9-16(17)21)19(25)23-22-18(24)10-26-14-5-6-15(20)12(3)8-14/h4-9,11H,10H2,1-3H3,(H,22,24)(H,23,25). The van der Waals surface area contributed by atoms with Gasteiger partial charge in [0.15, 0.2) is 6.61 Å². The fourth-order valence-corrected chi connectivity index (χ4v) is 2.80. The van der Waals surface area contributed by atoms with Crippen molar-refractivity contribution in [1.29, 1.82) is 0 Å². The highest BCUT2D eigenvalue weighted by molar-refractivity contribution is 9.10. The first-order valence-electron chi connectivity index (χ1n) is 8.20. The van der Waals surface area contributed by atoms with Crippen LogP contribution in [0.15, 0.2) is 45.3 Å². The van der Waals surface area contributed by atoms with Crippen LogP contribution in [0, 0.1) is 6.92 Å². The zero-order valence-electron chi connectivity index (χ0n) is 15.1. The minimum Gasteiger partial charge on any atom is -0.490 e. The maximum atomic E-state index is 12.2. The molecule has 2 amide bonds. The van der Waals surface area contributed by atoms with Crippen molar-refractivity contribution in [2.75, 3.05) is 6.61 Å². The second-order valence-corrected chi connectivity index (χ2v) is 7.72. The molecule has 2 rings (SSSR count). The number of hydrazine groups is 1. The van der Waals surface area contributed by atoms with E-state index < -0.39 is 11.8 Å². The lowest BCUT2D eigenvalue weighted by molar-refractivity contribution is -0.123. The molecule has 0 aliphatic heterocycles. The molecule has 0 fully saturated rings. The van der Waals surface area contributed by atoms with Gasteiger partial charge in [-0.15, -0.1) is 0 Å². The zero-order chi connectivity index (χ0) is 20.0. The highest BCUT2D eigenvalue weighted by Gasteiger charge is 2.11. The van der Waals surface area contributed by atoms with Crippen molar-refractivity contribution in [2.24, 2.45) is 0 Å². The van der Waals surface area contributed by atoms with Gasteiger partial charge in [0.25, 0.3) is 11.8 Å². The van der Waals surface area contributed by atoms with Gasteiger partial charge in [0, 0.05) is 10.0 Å². The van der Waals surface area contributed by atoms with E-state index in [1.54, 1.807) is 24.3 Å². The molecule has 6 nitrogen and oxygen atoms in total. The van der Waals surface area contributed by atoms with Gasteiger partial charge < -0.3 is 9.47 Å². The van der Waals surface area contributed by atoms with Gasteiger partial charge in [0.2, 0.25) is 0 Å². The Kier molecular flexibility index (Phi) is 7.67. The Hall–Kier alpha value is -2.06. The number of ether oxygens (including phenoxy) is 2. The van der Waals surface area contributed by atoms with Gasteiger partial charge in [0.05, 0.1) is 10.6 Å². The van der Waals surface area contributed by atoms with E-state index in [0.29, 0.717) is 21.5 Å². The molecule has 0 saturated heterocycles. The number of aryl methyl sites for hydroxylation is 1. The first-order chi connectivity index (χ1) is 12.8. The van der Waals surface area contributed by atoms with E-state index in [1.807, 2.05) is 32.9 Å². The Bertz CT molecular complexity index is 840. The van der Waals surface area contributed by atoms with Crippen LogP contribution in [0.25, 0.3) is 0 Å². The molecule has 0 atom stereocenters. The van der Waals surface area contributed by atoms with Gasteiger partial charge in [-0.2, -0.15) is 0 Å². The van der Waals surface area contributed by atoms with Crippen molar-refractivity contribution in [2.45, 2.75) is 26.9 Å². The number of nitrogens with one attached hydrogen (secondary N) is 2. The van der Waals surface area contributed by atoms with E-state index in [9.17, 15) is 9.59 Å². The molecule has 2 aromatic rings. The topological polar surface area (TPSA) is 76.7 Å². The van der Waals surface area contributed by atoms with Crippen LogP contribution in [-0.2, 0) is 4.79 Å². The highest BCUT2D eigenvalue weighted by Crippen LogP contribution is 2.27. The molecule has 0 aromatic heterocycles. The molecule has 0 spiro atoms. The molecule has 0 heterocycles. The SMILES string of the molecule is Cc1cc(OCC(=O)NNC(=O)c2ccc(OC(C)C)c(Br)c2)ccc1Br. The van der Waals surface area contributed by atoms with Crippen LogP contribution in [-0.4, -0.2) is 24.5 Å². The predicted molar refractivity (Wildman–Crippen MR) is 110 cm³/mol. The smallest absolute Gasteiger partial charge is 0.276 e. The van der Waals surface area contributed by atoms with E-state index in [2.05, 4.69) is 42.7 Å². The average molecular weight is 500 g/mol. The van der Waals surface area contributed by atoms with Crippen LogP contribution in [0.2, 0.25) is 0 Å². The van der Waals surface area contributed by atoms with Crippen molar-refractivity contribution < 1.29 is 19.1 Å². The third kappa shape index (κ3) is 6.55. The molecule has 27 heavy (non-hydrogen) atoms. The normalized spacial score (nSPS) is 10.4. The van der Waals surface area contributed by atoms with Crippen molar-refractivity contribution >= 4 is 43.7 Å². The maximum absolute atomic E-state index is 12.2. The van der Waals surface area contributed by atoms with E-state index in [1.165, 1.54) is 0 Å². The summed E-state index contributed by atoms with van der Waals surface area (Å²) in [6.07, 6.45) is 0.0229. The number of hydrogen-bond acceptors (Lipinski definition) is 4. The molecule has 0 aliphatic carbocycles. The minimum absolute atomic E-state index is 0.0229. The van der Waals surface area contributed by atoms with E-state index in [0.717, 1.165) is 10.0 Å². The molecule has 2 aromatic carbocycles. The summed E-state index contributed by atoms with van der Waals surface area (Å²) in [6, 6.07) is 10.3. The molecular weight excluding hydrogens is 480 g/mol. The summed E-state index contributed by atoms with van der Waals surface area (Å²) in [5.41, 5.74) is 6.05. The molecule has 8 heteroatoms. The number of carbonyl (C=O) groups is 2. The highest BCUT2D eigenvalue weighted by atomic mass is 79.9. The number of halogens is 2. The van der Waals surface area contributed by atoms with Crippen molar-refractivity contribution in [1.82, 2.24) is 10.9 Å². The number of hydrogen-bond donors (Lipinski definition) is 2. The van der Waals surface area contributed by atoms with Gasteiger partial charge in [-0.1, -0.05) is 15.9 Å². The molecule has 144 valence electrons. The molecule has 0 unspecified atom stereocenters. The van der Waals surface area contributed by atoms with E-state index in [4.69, 9.17) is 9.47 Å². The summed E-state index contributed by atoms with van der Waals surface area (Å²) >= 11 is 6.77. The lowest BCUT2D eigenvalue weighted by Gasteiger charge is -2.13. The predicted octanol–water partition coefficient (Wildman–Crippen LogP) is 4.15. The van der Waals surface area contributed by atoms with Gasteiger partial charge in [-0.3, -0.25) is 20.4 Å².